The van der Waals surface area contributed by atoms with E-state index in [0.717, 1.165) is 37.4 Å². The molecule has 0 saturated heterocycles. The molecule has 0 bridgehead atoms. The fraction of sp³-hybridized carbons (Fsp3) is 0.333. The quantitative estimate of drug-likeness (QED) is 0.915. The van der Waals surface area contributed by atoms with E-state index in [9.17, 15) is 14.7 Å². The highest BCUT2D eigenvalue weighted by Crippen LogP contribution is 2.30. The molecule has 1 heterocycles. The molecule has 0 atom stereocenters. The first kappa shape index (κ1) is 15.3. The number of nitrogens with zero attached hydrogens (tertiary/aromatic N) is 1. The van der Waals surface area contributed by atoms with Gasteiger partial charge in [0, 0.05) is 24.0 Å². The molecule has 1 aliphatic carbocycles. The molecule has 120 valence electrons. The lowest BCUT2D eigenvalue weighted by atomic mass is 9.93. The van der Waals surface area contributed by atoms with Crippen LogP contribution in [0.25, 0.3) is 0 Å². The van der Waals surface area contributed by atoms with Crippen molar-refractivity contribution >= 4 is 11.6 Å². The van der Waals surface area contributed by atoms with Gasteiger partial charge in [-0.3, -0.25) is 9.59 Å². The molecule has 2 aromatic rings. The van der Waals surface area contributed by atoms with E-state index < -0.39 is 5.56 Å². The Morgan fingerprint density at radius 3 is 2.48 bits per heavy atom. The van der Waals surface area contributed by atoms with Gasteiger partial charge in [-0.2, -0.15) is 0 Å². The van der Waals surface area contributed by atoms with Crippen LogP contribution in [0, 0.1) is 0 Å². The number of aromatic nitrogens is 1. The molecule has 1 aromatic carbocycles. The predicted octanol–water partition coefficient (Wildman–Crippen LogP) is 3.06. The van der Waals surface area contributed by atoms with Crippen molar-refractivity contribution in [3.63, 3.8) is 0 Å². The molecule has 1 amide bonds. The van der Waals surface area contributed by atoms with Gasteiger partial charge >= 0.3 is 0 Å². The molecular formula is C18H20N2O3. The molecule has 1 saturated carbocycles. The van der Waals surface area contributed by atoms with Crippen LogP contribution in [0.4, 0.5) is 5.69 Å². The first-order valence-electron chi connectivity index (χ1n) is 7.97. The number of aromatic hydroxyl groups is 1. The van der Waals surface area contributed by atoms with Crippen molar-refractivity contribution in [3.8, 4) is 5.75 Å². The topological polar surface area (TPSA) is 73.4 Å². The minimum atomic E-state index is -0.428. The lowest BCUT2D eigenvalue weighted by Crippen LogP contribution is -2.42. The highest BCUT2D eigenvalue weighted by atomic mass is 16.3. The van der Waals surface area contributed by atoms with Crippen LogP contribution in [-0.4, -0.2) is 22.0 Å². The minimum absolute atomic E-state index is 0.116. The summed E-state index contributed by atoms with van der Waals surface area (Å²) < 4.78 is 0. The standard InChI is InChI=1S/C18H20N2O3/c21-16-11-17(22)19-12-15(16)18(23)20(13-7-3-1-4-8-13)14-9-5-2-6-10-14/h1,3-4,7-8,11-12,14H,2,5-6,9-10H2,(H2,19,21,22). The highest BCUT2D eigenvalue weighted by molar-refractivity contribution is 6.08. The average molecular weight is 312 g/mol. The van der Waals surface area contributed by atoms with Crippen molar-refractivity contribution in [1.29, 1.82) is 0 Å². The van der Waals surface area contributed by atoms with Crippen LogP contribution in [0.2, 0.25) is 0 Å². The number of pyridine rings is 1. The average Bonchev–Trinajstić information content (AvgIpc) is 2.57. The zero-order chi connectivity index (χ0) is 16.2. The smallest absolute Gasteiger partial charge is 0.263 e. The number of para-hydroxylation sites is 1. The Morgan fingerprint density at radius 1 is 1.13 bits per heavy atom. The number of benzene rings is 1. The molecule has 0 radical (unpaired) electrons. The molecule has 1 aromatic heterocycles. The highest BCUT2D eigenvalue weighted by Gasteiger charge is 2.29. The van der Waals surface area contributed by atoms with E-state index in [4.69, 9.17) is 0 Å². The molecule has 2 N–H and O–H groups in total. The Balaban J connectivity index is 2.00. The van der Waals surface area contributed by atoms with Crippen molar-refractivity contribution < 1.29 is 9.90 Å². The van der Waals surface area contributed by atoms with Crippen molar-refractivity contribution in [3.05, 3.63) is 58.5 Å². The van der Waals surface area contributed by atoms with Crippen molar-refractivity contribution in [2.75, 3.05) is 4.90 Å². The van der Waals surface area contributed by atoms with Crippen LogP contribution in [-0.2, 0) is 0 Å². The Kier molecular flexibility index (Phi) is 4.46. The molecule has 23 heavy (non-hydrogen) atoms. The van der Waals surface area contributed by atoms with Gasteiger partial charge in [0.05, 0.1) is 5.56 Å². The fourth-order valence-corrected chi connectivity index (χ4v) is 3.18. The van der Waals surface area contributed by atoms with E-state index in [-0.39, 0.29) is 23.3 Å². The van der Waals surface area contributed by atoms with Gasteiger partial charge in [0.1, 0.15) is 5.75 Å². The third-order valence-corrected chi connectivity index (χ3v) is 4.33. The summed E-state index contributed by atoms with van der Waals surface area (Å²) in [6.45, 7) is 0. The van der Waals surface area contributed by atoms with Crippen molar-refractivity contribution in [1.82, 2.24) is 4.98 Å². The predicted molar refractivity (Wildman–Crippen MR) is 88.9 cm³/mol. The zero-order valence-corrected chi connectivity index (χ0v) is 12.9. The van der Waals surface area contributed by atoms with E-state index in [1.807, 2.05) is 30.3 Å². The normalized spacial score (nSPS) is 15.3. The van der Waals surface area contributed by atoms with E-state index >= 15 is 0 Å². The molecule has 1 fully saturated rings. The third kappa shape index (κ3) is 3.28. The van der Waals surface area contributed by atoms with Crippen LogP contribution in [0.15, 0.2) is 47.4 Å². The molecule has 5 heteroatoms. The number of aromatic amines is 1. The summed E-state index contributed by atoms with van der Waals surface area (Å²) in [6.07, 6.45) is 6.57. The Labute approximate surface area is 134 Å². The monoisotopic (exact) mass is 312 g/mol. The van der Waals surface area contributed by atoms with Gasteiger partial charge in [0.15, 0.2) is 0 Å². The SMILES string of the molecule is O=C(c1c[nH]c(=O)cc1O)N(c1ccccc1)C1CCCCC1. The number of amides is 1. The number of rotatable bonds is 3. The van der Waals surface area contributed by atoms with E-state index in [0.29, 0.717) is 0 Å². The summed E-state index contributed by atoms with van der Waals surface area (Å²) in [5, 5.41) is 9.99. The van der Waals surface area contributed by atoms with Gasteiger partial charge in [-0.05, 0) is 25.0 Å². The fourth-order valence-electron chi connectivity index (χ4n) is 3.18. The molecular weight excluding hydrogens is 292 g/mol. The maximum absolute atomic E-state index is 13.0. The summed E-state index contributed by atoms with van der Waals surface area (Å²) in [5.74, 6) is -0.563. The van der Waals surface area contributed by atoms with Gasteiger partial charge in [0.2, 0.25) is 0 Å². The summed E-state index contributed by atoms with van der Waals surface area (Å²) in [6, 6.07) is 10.6. The van der Waals surface area contributed by atoms with Gasteiger partial charge in [-0.15, -0.1) is 0 Å². The van der Waals surface area contributed by atoms with E-state index in [2.05, 4.69) is 4.98 Å². The first-order valence-corrected chi connectivity index (χ1v) is 7.97. The molecule has 0 aliphatic heterocycles. The number of hydrogen-bond acceptors (Lipinski definition) is 3. The largest absolute Gasteiger partial charge is 0.507 e. The van der Waals surface area contributed by atoms with Crippen LogP contribution in [0.3, 0.4) is 0 Å². The van der Waals surface area contributed by atoms with Gasteiger partial charge in [0.25, 0.3) is 11.5 Å². The van der Waals surface area contributed by atoms with E-state index in [1.54, 1.807) is 4.90 Å². The molecule has 5 nitrogen and oxygen atoms in total. The maximum atomic E-state index is 13.0. The number of hydrogen-bond donors (Lipinski definition) is 2. The number of H-pyrrole nitrogens is 1. The zero-order valence-electron chi connectivity index (χ0n) is 12.9. The lowest BCUT2D eigenvalue weighted by molar-refractivity contribution is 0.0967. The lowest BCUT2D eigenvalue weighted by Gasteiger charge is -2.34. The van der Waals surface area contributed by atoms with E-state index in [1.165, 1.54) is 12.6 Å². The maximum Gasteiger partial charge on any atom is 0.263 e. The Bertz CT molecular complexity index is 733. The second-order valence-electron chi connectivity index (χ2n) is 5.90. The number of carbonyl (C=O) groups is 1. The number of nitrogens with one attached hydrogen (secondary N) is 1. The number of anilines is 1. The summed E-state index contributed by atoms with van der Waals surface area (Å²) in [4.78, 5) is 28.5. The number of carbonyl (C=O) groups excluding carboxylic acids is 1. The molecule has 3 rings (SSSR count). The summed E-state index contributed by atoms with van der Waals surface area (Å²) >= 11 is 0. The molecule has 0 unspecified atom stereocenters. The van der Waals surface area contributed by atoms with Gasteiger partial charge in [-0.25, -0.2) is 0 Å². The Morgan fingerprint density at radius 2 is 1.83 bits per heavy atom. The van der Waals surface area contributed by atoms with Gasteiger partial charge in [-0.1, -0.05) is 37.5 Å². The van der Waals surface area contributed by atoms with Crippen LogP contribution >= 0.6 is 0 Å². The van der Waals surface area contributed by atoms with Crippen LogP contribution < -0.4 is 10.5 Å². The minimum Gasteiger partial charge on any atom is -0.507 e. The van der Waals surface area contributed by atoms with Crippen LogP contribution in [0.1, 0.15) is 42.5 Å². The second kappa shape index (κ2) is 6.69. The van der Waals surface area contributed by atoms with Crippen LogP contribution in [0.5, 0.6) is 5.75 Å². The second-order valence-corrected chi connectivity index (χ2v) is 5.90. The Hall–Kier alpha value is -2.56. The molecule has 1 aliphatic rings. The van der Waals surface area contributed by atoms with Crippen molar-refractivity contribution in [2.45, 2.75) is 38.1 Å². The molecule has 0 spiro atoms. The van der Waals surface area contributed by atoms with Gasteiger partial charge < -0.3 is 15.0 Å². The first-order chi connectivity index (χ1) is 11.2. The van der Waals surface area contributed by atoms with Crippen molar-refractivity contribution in [2.24, 2.45) is 0 Å². The summed E-state index contributed by atoms with van der Waals surface area (Å²) in [5.41, 5.74) is 0.511. The third-order valence-electron chi connectivity index (χ3n) is 4.33. The summed E-state index contributed by atoms with van der Waals surface area (Å²) in [7, 11) is 0.